The molecule has 138 valence electrons. The second-order valence-electron chi connectivity index (χ2n) is 5.49. The van der Waals surface area contributed by atoms with Gasteiger partial charge in [0, 0.05) is 18.8 Å². The third kappa shape index (κ3) is 4.83. The van der Waals surface area contributed by atoms with Gasteiger partial charge >= 0.3 is 0 Å². The molecule has 2 aromatic heterocycles. The average Bonchev–Trinajstić information content (AvgIpc) is 3.18. The number of carbonyl (C=O) groups excluding carboxylic acids is 2. The summed E-state index contributed by atoms with van der Waals surface area (Å²) in [5.41, 5.74) is 6.03. The molecule has 8 heteroatoms. The van der Waals surface area contributed by atoms with Gasteiger partial charge in [-0.15, -0.1) is 11.3 Å². The monoisotopic (exact) mass is 383 g/mol. The maximum Gasteiger partial charge on any atom is 0.261 e. The van der Waals surface area contributed by atoms with E-state index in [9.17, 15) is 9.59 Å². The van der Waals surface area contributed by atoms with E-state index in [2.05, 4.69) is 10.3 Å². The van der Waals surface area contributed by atoms with Crippen LogP contribution in [-0.4, -0.2) is 23.9 Å². The SMILES string of the molecule is COc1ccc(Oc2cc(CNC(=O)c3ccc(C(N)=O)s3)ccn2)cc1. The zero-order valence-corrected chi connectivity index (χ0v) is 15.3. The van der Waals surface area contributed by atoms with Crippen LogP contribution in [0.3, 0.4) is 0 Å². The van der Waals surface area contributed by atoms with E-state index in [-0.39, 0.29) is 5.91 Å². The second-order valence-corrected chi connectivity index (χ2v) is 6.57. The van der Waals surface area contributed by atoms with Gasteiger partial charge in [0.15, 0.2) is 0 Å². The lowest BCUT2D eigenvalue weighted by Gasteiger charge is -2.08. The fourth-order valence-electron chi connectivity index (χ4n) is 2.24. The van der Waals surface area contributed by atoms with Crippen molar-refractivity contribution in [2.24, 2.45) is 5.73 Å². The predicted octanol–water partition coefficient (Wildman–Crippen LogP) is 2.97. The number of nitrogens with one attached hydrogen (secondary N) is 1. The van der Waals surface area contributed by atoms with Gasteiger partial charge in [-0.1, -0.05) is 0 Å². The van der Waals surface area contributed by atoms with Crippen LogP contribution in [0.25, 0.3) is 0 Å². The summed E-state index contributed by atoms with van der Waals surface area (Å²) >= 11 is 1.06. The maximum absolute atomic E-state index is 12.2. The molecule has 27 heavy (non-hydrogen) atoms. The number of benzene rings is 1. The number of methoxy groups -OCH3 is 1. The molecule has 0 saturated heterocycles. The topological polar surface area (TPSA) is 104 Å². The average molecular weight is 383 g/mol. The van der Waals surface area contributed by atoms with Crippen LogP contribution in [0, 0.1) is 0 Å². The Kier molecular flexibility index (Phi) is 5.68. The Hall–Kier alpha value is -3.39. The second kappa shape index (κ2) is 8.33. The van der Waals surface area contributed by atoms with Crippen molar-refractivity contribution < 1.29 is 19.1 Å². The van der Waals surface area contributed by atoms with E-state index < -0.39 is 5.91 Å². The van der Waals surface area contributed by atoms with Crippen molar-refractivity contribution in [2.75, 3.05) is 7.11 Å². The molecule has 0 aliphatic heterocycles. The highest BCUT2D eigenvalue weighted by Crippen LogP contribution is 2.23. The van der Waals surface area contributed by atoms with Crippen molar-refractivity contribution in [2.45, 2.75) is 6.54 Å². The number of rotatable bonds is 7. The molecular weight excluding hydrogens is 366 g/mol. The molecule has 3 N–H and O–H groups in total. The molecule has 3 aromatic rings. The molecule has 0 atom stereocenters. The number of amides is 2. The van der Waals surface area contributed by atoms with E-state index in [1.165, 1.54) is 6.07 Å². The summed E-state index contributed by atoms with van der Waals surface area (Å²) in [6.07, 6.45) is 1.61. The van der Waals surface area contributed by atoms with Crippen molar-refractivity contribution in [3.8, 4) is 17.4 Å². The number of hydrogen-bond donors (Lipinski definition) is 2. The van der Waals surface area contributed by atoms with Gasteiger partial charge in [0.1, 0.15) is 11.5 Å². The molecule has 0 bridgehead atoms. The highest BCUT2D eigenvalue weighted by Gasteiger charge is 2.12. The van der Waals surface area contributed by atoms with Crippen molar-refractivity contribution in [1.82, 2.24) is 10.3 Å². The van der Waals surface area contributed by atoms with Gasteiger partial charge in [0.25, 0.3) is 11.8 Å². The van der Waals surface area contributed by atoms with Gasteiger partial charge in [-0.05, 0) is 48.0 Å². The number of thiophene rings is 1. The fraction of sp³-hybridized carbons (Fsp3) is 0.105. The third-order valence-corrected chi connectivity index (χ3v) is 4.71. The van der Waals surface area contributed by atoms with Gasteiger partial charge in [0.2, 0.25) is 5.88 Å². The van der Waals surface area contributed by atoms with Crippen LogP contribution < -0.4 is 20.5 Å². The molecular formula is C19H17N3O4S. The molecule has 0 aliphatic carbocycles. The molecule has 2 amide bonds. The summed E-state index contributed by atoms with van der Waals surface area (Å²) in [6, 6.07) is 13.8. The molecule has 0 fully saturated rings. The summed E-state index contributed by atoms with van der Waals surface area (Å²) in [5.74, 6) is 0.955. The zero-order chi connectivity index (χ0) is 19.2. The normalized spacial score (nSPS) is 10.3. The van der Waals surface area contributed by atoms with Crippen molar-refractivity contribution in [3.05, 3.63) is 70.0 Å². The number of nitrogens with zero attached hydrogens (tertiary/aromatic N) is 1. The van der Waals surface area contributed by atoms with E-state index in [1.54, 1.807) is 55.8 Å². The Balaban J connectivity index is 1.61. The first-order valence-corrected chi connectivity index (χ1v) is 8.81. The zero-order valence-electron chi connectivity index (χ0n) is 14.5. The molecule has 1 aromatic carbocycles. The summed E-state index contributed by atoms with van der Waals surface area (Å²) < 4.78 is 10.8. The van der Waals surface area contributed by atoms with Crippen LogP contribution in [0.4, 0.5) is 0 Å². The predicted molar refractivity (Wildman–Crippen MR) is 101 cm³/mol. The lowest BCUT2D eigenvalue weighted by molar-refractivity contribution is 0.0954. The van der Waals surface area contributed by atoms with Gasteiger partial charge in [-0.2, -0.15) is 0 Å². The summed E-state index contributed by atoms with van der Waals surface area (Å²) in [6.45, 7) is 0.296. The van der Waals surface area contributed by atoms with Gasteiger partial charge in [-0.25, -0.2) is 4.98 Å². The Morgan fingerprint density at radius 3 is 2.44 bits per heavy atom. The Morgan fingerprint density at radius 2 is 1.78 bits per heavy atom. The number of hydrogen-bond acceptors (Lipinski definition) is 6. The first-order chi connectivity index (χ1) is 13.0. The van der Waals surface area contributed by atoms with Crippen molar-refractivity contribution >= 4 is 23.2 Å². The van der Waals surface area contributed by atoms with Crippen LogP contribution in [0.5, 0.6) is 17.4 Å². The lowest BCUT2D eigenvalue weighted by atomic mass is 10.2. The molecule has 0 spiro atoms. The van der Waals surface area contributed by atoms with E-state index in [1.807, 2.05) is 0 Å². The number of pyridine rings is 1. The largest absolute Gasteiger partial charge is 0.497 e. The number of carbonyl (C=O) groups is 2. The van der Waals surface area contributed by atoms with Crippen molar-refractivity contribution in [1.29, 1.82) is 0 Å². The van der Waals surface area contributed by atoms with Crippen molar-refractivity contribution in [3.63, 3.8) is 0 Å². The number of aromatic nitrogens is 1. The van der Waals surface area contributed by atoms with Crippen LogP contribution >= 0.6 is 11.3 Å². The summed E-state index contributed by atoms with van der Waals surface area (Å²) in [4.78, 5) is 28.2. The van der Waals surface area contributed by atoms with E-state index in [0.29, 0.717) is 27.9 Å². The Morgan fingerprint density at radius 1 is 1.07 bits per heavy atom. The Bertz CT molecular complexity index is 954. The highest BCUT2D eigenvalue weighted by atomic mass is 32.1. The van der Waals surface area contributed by atoms with E-state index in [0.717, 1.165) is 22.6 Å². The maximum atomic E-state index is 12.2. The minimum Gasteiger partial charge on any atom is -0.497 e. The lowest BCUT2D eigenvalue weighted by Crippen LogP contribution is -2.21. The number of ether oxygens (including phenoxy) is 2. The number of primary amides is 1. The first kappa shape index (κ1) is 18.4. The first-order valence-electron chi connectivity index (χ1n) is 8.00. The summed E-state index contributed by atoms with van der Waals surface area (Å²) in [7, 11) is 1.60. The minimum atomic E-state index is -0.548. The van der Waals surface area contributed by atoms with E-state index in [4.69, 9.17) is 15.2 Å². The van der Waals surface area contributed by atoms with Gasteiger partial charge < -0.3 is 20.5 Å². The van der Waals surface area contributed by atoms with E-state index >= 15 is 0 Å². The van der Waals surface area contributed by atoms with Crippen LogP contribution in [0.2, 0.25) is 0 Å². The quantitative estimate of drug-likeness (QED) is 0.653. The van der Waals surface area contributed by atoms with Gasteiger partial charge in [-0.3, -0.25) is 9.59 Å². The van der Waals surface area contributed by atoms with Crippen LogP contribution in [-0.2, 0) is 6.54 Å². The molecule has 3 rings (SSSR count). The smallest absolute Gasteiger partial charge is 0.261 e. The Labute approximate surface area is 159 Å². The minimum absolute atomic E-state index is 0.276. The van der Waals surface area contributed by atoms with Crippen LogP contribution in [0.1, 0.15) is 24.9 Å². The number of nitrogens with two attached hydrogens (primary N) is 1. The molecule has 0 radical (unpaired) electrons. The van der Waals surface area contributed by atoms with Gasteiger partial charge in [0.05, 0.1) is 16.9 Å². The van der Waals surface area contributed by atoms with Crippen LogP contribution in [0.15, 0.2) is 54.7 Å². The fourth-order valence-corrected chi connectivity index (χ4v) is 3.02. The molecule has 2 heterocycles. The molecule has 7 nitrogen and oxygen atoms in total. The standard InChI is InChI=1S/C19H17N3O4S/c1-25-13-2-4-14(5-3-13)26-17-10-12(8-9-21-17)11-22-19(24)16-7-6-15(27-16)18(20)23/h2-10H,11H2,1H3,(H2,20,23)(H,22,24). The summed E-state index contributed by atoms with van der Waals surface area (Å²) in [5, 5.41) is 2.79. The third-order valence-electron chi connectivity index (χ3n) is 3.61. The molecule has 0 saturated carbocycles. The molecule has 0 unspecified atom stereocenters. The molecule has 0 aliphatic rings. The highest BCUT2D eigenvalue weighted by molar-refractivity contribution is 7.15.